The zero-order valence-corrected chi connectivity index (χ0v) is 10.9. The number of aromatic nitrogens is 5. The summed E-state index contributed by atoms with van der Waals surface area (Å²) in [5.41, 5.74) is 0. The third-order valence-corrected chi connectivity index (χ3v) is 3.04. The summed E-state index contributed by atoms with van der Waals surface area (Å²) in [5, 5.41) is 21.9. The molecule has 0 spiro atoms. The molecule has 0 saturated carbocycles. The lowest BCUT2D eigenvalue weighted by Crippen LogP contribution is -2.24. The molecule has 1 amide bonds. The minimum Gasteiger partial charge on any atom is -0.360 e. The largest absolute Gasteiger partial charge is 0.360 e. The van der Waals surface area contributed by atoms with Crippen molar-refractivity contribution in [2.45, 2.75) is 13.5 Å². The van der Waals surface area contributed by atoms with Crippen molar-refractivity contribution >= 4 is 22.4 Å². The Balaban J connectivity index is 1.93. The molecular weight excluding hydrogens is 254 g/mol. The highest BCUT2D eigenvalue weighted by Gasteiger charge is 2.13. The van der Waals surface area contributed by atoms with Crippen molar-refractivity contribution in [3.63, 3.8) is 0 Å². The maximum atomic E-state index is 11.8. The molecule has 2 heterocycles. The van der Waals surface area contributed by atoms with Crippen molar-refractivity contribution in [2.24, 2.45) is 7.05 Å². The molecule has 0 aliphatic heterocycles. The van der Waals surface area contributed by atoms with E-state index in [0.717, 1.165) is 6.54 Å². The van der Waals surface area contributed by atoms with Crippen LogP contribution in [0.5, 0.6) is 0 Å². The van der Waals surface area contributed by atoms with Crippen molar-refractivity contribution in [3.05, 3.63) is 17.2 Å². The van der Waals surface area contributed by atoms with Crippen LogP contribution in [-0.4, -0.2) is 37.4 Å². The minimum absolute atomic E-state index is 0.264. The van der Waals surface area contributed by atoms with Gasteiger partial charge in [-0.15, -0.1) is 20.4 Å². The van der Waals surface area contributed by atoms with Gasteiger partial charge in [0.15, 0.2) is 5.82 Å². The Hall–Kier alpha value is -2.03. The highest BCUT2D eigenvalue weighted by molar-refractivity contribution is 7.17. The van der Waals surface area contributed by atoms with Crippen LogP contribution in [0.1, 0.15) is 22.6 Å². The zero-order chi connectivity index (χ0) is 13.0. The fourth-order valence-electron chi connectivity index (χ4n) is 1.24. The van der Waals surface area contributed by atoms with Crippen LogP contribution in [0.4, 0.5) is 5.13 Å². The van der Waals surface area contributed by atoms with Gasteiger partial charge in [-0.1, -0.05) is 11.3 Å². The molecule has 0 fully saturated rings. The average Bonchev–Trinajstić information content (AvgIpc) is 2.96. The summed E-state index contributed by atoms with van der Waals surface area (Å²) in [6.45, 7) is 3.01. The summed E-state index contributed by atoms with van der Waals surface area (Å²) in [7, 11) is 1.82. The predicted molar refractivity (Wildman–Crippen MR) is 66.2 cm³/mol. The Morgan fingerprint density at radius 1 is 1.44 bits per heavy atom. The number of nitrogens with one attached hydrogen (secondary N) is 2. The number of nitrogens with zero attached hydrogens (tertiary/aromatic N) is 5. The molecule has 8 nitrogen and oxygen atoms in total. The van der Waals surface area contributed by atoms with Crippen LogP contribution in [0.2, 0.25) is 0 Å². The van der Waals surface area contributed by atoms with E-state index in [2.05, 4.69) is 31.0 Å². The van der Waals surface area contributed by atoms with Crippen molar-refractivity contribution in [1.82, 2.24) is 30.3 Å². The number of hydrogen-bond acceptors (Lipinski definition) is 7. The molecule has 96 valence electrons. The van der Waals surface area contributed by atoms with E-state index in [1.165, 1.54) is 11.3 Å². The molecular formula is C9H13N7OS. The van der Waals surface area contributed by atoms with E-state index in [1.54, 1.807) is 10.9 Å². The fraction of sp³-hybridized carbons (Fsp3) is 0.444. The van der Waals surface area contributed by atoms with Gasteiger partial charge >= 0.3 is 0 Å². The third-order valence-electron chi connectivity index (χ3n) is 2.16. The van der Waals surface area contributed by atoms with Gasteiger partial charge in [0, 0.05) is 13.6 Å². The van der Waals surface area contributed by atoms with Gasteiger partial charge in [0.25, 0.3) is 5.91 Å². The Kier molecular flexibility index (Phi) is 3.82. The molecule has 2 N–H and O–H groups in total. The molecule has 0 unspecified atom stereocenters. The zero-order valence-electron chi connectivity index (χ0n) is 10.0. The minimum atomic E-state index is -0.264. The summed E-state index contributed by atoms with van der Waals surface area (Å²) in [6, 6.07) is 0. The standard InChI is InChI=1S/C9H13N7OS/c1-3-10-9-15-14-8(18-9)7(17)11-4-6-13-12-5-16(6)2/h5H,3-4H2,1-2H3,(H,10,15)(H,11,17). The van der Waals surface area contributed by atoms with E-state index in [-0.39, 0.29) is 5.91 Å². The van der Waals surface area contributed by atoms with Crippen molar-refractivity contribution < 1.29 is 4.79 Å². The number of anilines is 1. The summed E-state index contributed by atoms with van der Waals surface area (Å²) >= 11 is 1.22. The van der Waals surface area contributed by atoms with Gasteiger partial charge in [-0.25, -0.2) is 0 Å². The quantitative estimate of drug-likeness (QED) is 0.793. The number of rotatable bonds is 5. The lowest BCUT2D eigenvalue weighted by molar-refractivity contribution is 0.0948. The van der Waals surface area contributed by atoms with E-state index >= 15 is 0 Å². The summed E-state index contributed by atoms with van der Waals surface area (Å²) in [5.74, 6) is 0.416. The van der Waals surface area contributed by atoms with Crippen LogP contribution in [0, 0.1) is 0 Å². The highest BCUT2D eigenvalue weighted by Crippen LogP contribution is 2.14. The van der Waals surface area contributed by atoms with Gasteiger partial charge in [-0.2, -0.15) is 0 Å². The summed E-state index contributed by atoms with van der Waals surface area (Å²) in [4.78, 5) is 11.8. The topological polar surface area (TPSA) is 97.6 Å². The molecule has 0 aliphatic rings. The molecule has 2 aromatic rings. The predicted octanol–water partition coefficient (Wildman–Crippen LogP) is 0.0284. The van der Waals surface area contributed by atoms with E-state index in [0.29, 0.717) is 22.5 Å². The summed E-state index contributed by atoms with van der Waals surface area (Å²) < 4.78 is 1.74. The highest BCUT2D eigenvalue weighted by atomic mass is 32.1. The Labute approximate surface area is 107 Å². The molecule has 9 heteroatoms. The maximum Gasteiger partial charge on any atom is 0.282 e. The average molecular weight is 267 g/mol. The smallest absolute Gasteiger partial charge is 0.282 e. The lowest BCUT2D eigenvalue weighted by Gasteiger charge is -2.01. The molecule has 2 rings (SSSR count). The molecule has 0 bridgehead atoms. The van der Waals surface area contributed by atoms with Gasteiger partial charge in [0.2, 0.25) is 10.1 Å². The second-order valence-corrected chi connectivity index (χ2v) is 4.46. The Morgan fingerprint density at radius 3 is 2.94 bits per heavy atom. The van der Waals surface area contributed by atoms with Crippen LogP contribution in [0.15, 0.2) is 6.33 Å². The number of aryl methyl sites for hydroxylation is 1. The molecule has 0 atom stereocenters. The third kappa shape index (κ3) is 2.80. The van der Waals surface area contributed by atoms with Crippen LogP contribution in [0.3, 0.4) is 0 Å². The van der Waals surface area contributed by atoms with E-state index < -0.39 is 0 Å². The second kappa shape index (κ2) is 5.54. The van der Waals surface area contributed by atoms with Gasteiger partial charge in [-0.05, 0) is 6.92 Å². The first kappa shape index (κ1) is 12.4. The van der Waals surface area contributed by atoms with Gasteiger partial charge in [0.05, 0.1) is 6.54 Å². The second-order valence-electron chi connectivity index (χ2n) is 3.48. The normalized spacial score (nSPS) is 10.3. The molecule has 0 saturated heterocycles. The van der Waals surface area contributed by atoms with Crippen molar-refractivity contribution in [2.75, 3.05) is 11.9 Å². The number of carbonyl (C=O) groups excluding carboxylic acids is 1. The molecule has 0 aromatic carbocycles. The monoisotopic (exact) mass is 267 g/mol. The number of hydrogen-bond donors (Lipinski definition) is 2. The molecule has 18 heavy (non-hydrogen) atoms. The molecule has 0 aliphatic carbocycles. The Morgan fingerprint density at radius 2 is 2.28 bits per heavy atom. The maximum absolute atomic E-state index is 11.8. The fourth-order valence-corrected chi connectivity index (χ4v) is 1.97. The first-order valence-electron chi connectivity index (χ1n) is 5.39. The van der Waals surface area contributed by atoms with Crippen LogP contribution in [-0.2, 0) is 13.6 Å². The molecule has 0 radical (unpaired) electrons. The van der Waals surface area contributed by atoms with E-state index in [9.17, 15) is 4.79 Å². The van der Waals surface area contributed by atoms with E-state index in [4.69, 9.17) is 0 Å². The summed E-state index contributed by atoms with van der Waals surface area (Å²) in [6.07, 6.45) is 1.58. The lowest BCUT2D eigenvalue weighted by atomic mass is 10.5. The van der Waals surface area contributed by atoms with Crippen LogP contribution >= 0.6 is 11.3 Å². The van der Waals surface area contributed by atoms with E-state index in [1.807, 2.05) is 14.0 Å². The first-order chi connectivity index (χ1) is 8.70. The number of carbonyl (C=O) groups is 1. The van der Waals surface area contributed by atoms with Gasteiger partial charge < -0.3 is 15.2 Å². The van der Waals surface area contributed by atoms with Gasteiger partial charge in [0.1, 0.15) is 6.33 Å². The SMILES string of the molecule is CCNc1nnc(C(=O)NCc2nncn2C)s1. The Bertz CT molecular complexity index is 535. The van der Waals surface area contributed by atoms with Crippen LogP contribution < -0.4 is 10.6 Å². The number of amides is 1. The van der Waals surface area contributed by atoms with Gasteiger partial charge in [-0.3, -0.25) is 4.79 Å². The van der Waals surface area contributed by atoms with Crippen molar-refractivity contribution in [1.29, 1.82) is 0 Å². The molecule has 2 aromatic heterocycles. The first-order valence-corrected chi connectivity index (χ1v) is 6.20. The van der Waals surface area contributed by atoms with Crippen molar-refractivity contribution in [3.8, 4) is 0 Å². The van der Waals surface area contributed by atoms with Crippen LogP contribution in [0.25, 0.3) is 0 Å².